The van der Waals surface area contributed by atoms with Crippen LogP contribution >= 0.6 is 11.8 Å². The fourth-order valence-corrected chi connectivity index (χ4v) is 2.16. The Morgan fingerprint density at radius 2 is 1.88 bits per heavy atom. The molecule has 0 atom stereocenters. The summed E-state index contributed by atoms with van der Waals surface area (Å²) in [5, 5.41) is 6.52. The highest BCUT2D eigenvalue weighted by Gasteiger charge is 2.04. The van der Waals surface area contributed by atoms with E-state index in [4.69, 9.17) is 4.74 Å². The highest BCUT2D eigenvalue weighted by molar-refractivity contribution is 7.98. The molecular formula is C17H28N4O2S. The number of ether oxygens (including phenoxy) is 1. The van der Waals surface area contributed by atoms with Crippen LogP contribution in [0.4, 0.5) is 0 Å². The summed E-state index contributed by atoms with van der Waals surface area (Å²) in [7, 11) is 5.13. The van der Waals surface area contributed by atoms with Gasteiger partial charge >= 0.3 is 0 Å². The average molecular weight is 353 g/mol. The molecule has 0 aliphatic heterocycles. The summed E-state index contributed by atoms with van der Waals surface area (Å²) in [5.74, 6) is 2.50. The van der Waals surface area contributed by atoms with Crippen molar-refractivity contribution in [1.29, 1.82) is 0 Å². The van der Waals surface area contributed by atoms with Crippen molar-refractivity contribution in [3.63, 3.8) is 0 Å². The van der Waals surface area contributed by atoms with Crippen molar-refractivity contribution in [2.75, 3.05) is 52.8 Å². The number of nitrogens with one attached hydrogen (secondary N) is 2. The SMILES string of the molecule is COc1ccc(CCNC(=NCC(=O)N(C)C)NCCSC)cc1. The zero-order valence-electron chi connectivity index (χ0n) is 15.0. The minimum atomic E-state index is -0.0175. The van der Waals surface area contributed by atoms with Crippen LogP contribution in [0.15, 0.2) is 29.3 Å². The van der Waals surface area contributed by atoms with Crippen LogP contribution in [0.3, 0.4) is 0 Å². The Morgan fingerprint density at radius 3 is 2.46 bits per heavy atom. The van der Waals surface area contributed by atoms with Crippen molar-refractivity contribution in [3.05, 3.63) is 29.8 Å². The molecule has 0 bridgehead atoms. The van der Waals surface area contributed by atoms with Crippen molar-refractivity contribution in [2.24, 2.45) is 4.99 Å². The van der Waals surface area contributed by atoms with Crippen LogP contribution < -0.4 is 15.4 Å². The van der Waals surface area contributed by atoms with Crippen LogP contribution in [0.2, 0.25) is 0 Å². The molecule has 134 valence electrons. The third-order valence-electron chi connectivity index (χ3n) is 3.34. The van der Waals surface area contributed by atoms with E-state index in [2.05, 4.69) is 21.9 Å². The van der Waals surface area contributed by atoms with E-state index < -0.39 is 0 Å². The number of likely N-dealkylation sites (N-methyl/N-ethyl adjacent to an activating group) is 1. The largest absolute Gasteiger partial charge is 0.497 e. The van der Waals surface area contributed by atoms with Crippen LogP contribution in [0.1, 0.15) is 5.56 Å². The standard InChI is InChI=1S/C17H28N4O2S/c1-21(2)16(22)13-20-17(19-11-12-24-4)18-10-9-14-5-7-15(23-3)8-6-14/h5-8H,9-13H2,1-4H3,(H2,18,19,20). The number of nitrogens with zero attached hydrogens (tertiary/aromatic N) is 2. The highest BCUT2D eigenvalue weighted by Crippen LogP contribution is 2.11. The van der Waals surface area contributed by atoms with Gasteiger partial charge in [0.2, 0.25) is 5.91 Å². The summed E-state index contributed by atoms with van der Waals surface area (Å²) in [4.78, 5) is 17.6. The molecular weight excluding hydrogens is 324 g/mol. The van der Waals surface area contributed by atoms with Gasteiger partial charge in [-0.2, -0.15) is 11.8 Å². The Morgan fingerprint density at radius 1 is 1.21 bits per heavy atom. The molecule has 0 saturated heterocycles. The number of aliphatic imine (C=N–C) groups is 1. The molecule has 7 heteroatoms. The quantitative estimate of drug-likeness (QED) is 0.397. The third-order valence-corrected chi connectivity index (χ3v) is 3.95. The second kappa shape index (κ2) is 11.6. The number of amides is 1. The molecule has 24 heavy (non-hydrogen) atoms. The Kier molecular flexibility index (Phi) is 9.76. The first-order valence-corrected chi connectivity index (χ1v) is 9.30. The fourth-order valence-electron chi connectivity index (χ4n) is 1.85. The molecule has 0 fully saturated rings. The molecule has 0 aromatic heterocycles. The summed E-state index contributed by atoms with van der Waals surface area (Å²) < 4.78 is 5.16. The molecule has 1 aromatic rings. The molecule has 1 rings (SSSR count). The number of hydrogen-bond acceptors (Lipinski definition) is 4. The van der Waals surface area contributed by atoms with E-state index in [0.29, 0.717) is 5.96 Å². The lowest BCUT2D eigenvalue weighted by molar-refractivity contribution is -0.127. The van der Waals surface area contributed by atoms with Crippen LogP contribution in [0.25, 0.3) is 0 Å². The first-order chi connectivity index (χ1) is 11.6. The van der Waals surface area contributed by atoms with Gasteiger partial charge in [0, 0.05) is 32.9 Å². The molecule has 6 nitrogen and oxygen atoms in total. The molecule has 0 saturated carbocycles. The smallest absolute Gasteiger partial charge is 0.243 e. The van der Waals surface area contributed by atoms with Crippen LogP contribution in [-0.4, -0.2) is 69.6 Å². The first-order valence-electron chi connectivity index (χ1n) is 7.91. The lowest BCUT2D eigenvalue weighted by atomic mass is 10.1. The predicted octanol–water partition coefficient (Wildman–Crippen LogP) is 1.22. The maximum atomic E-state index is 11.7. The van der Waals surface area contributed by atoms with Crippen LogP contribution in [-0.2, 0) is 11.2 Å². The van der Waals surface area contributed by atoms with Gasteiger partial charge in [0.05, 0.1) is 7.11 Å². The topological polar surface area (TPSA) is 66.0 Å². The average Bonchev–Trinajstić information content (AvgIpc) is 2.59. The normalized spacial score (nSPS) is 11.1. The molecule has 0 unspecified atom stereocenters. The van der Waals surface area contributed by atoms with Gasteiger partial charge in [-0.25, -0.2) is 4.99 Å². The lowest BCUT2D eigenvalue weighted by Crippen LogP contribution is -2.40. The zero-order valence-corrected chi connectivity index (χ0v) is 15.8. The van der Waals surface area contributed by atoms with Gasteiger partial charge in [0.15, 0.2) is 5.96 Å². The van der Waals surface area contributed by atoms with E-state index in [1.165, 1.54) is 5.56 Å². The van der Waals surface area contributed by atoms with Gasteiger partial charge < -0.3 is 20.3 Å². The van der Waals surface area contributed by atoms with E-state index in [1.807, 2.05) is 24.3 Å². The number of thioether (sulfide) groups is 1. The summed E-state index contributed by atoms with van der Waals surface area (Å²) in [6.45, 7) is 1.70. The number of carbonyl (C=O) groups is 1. The monoisotopic (exact) mass is 352 g/mol. The molecule has 0 radical (unpaired) electrons. The number of hydrogen-bond donors (Lipinski definition) is 2. The van der Waals surface area contributed by atoms with Crippen molar-refractivity contribution in [1.82, 2.24) is 15.5 Å². The molecule has 0 spiro atoms. The molecule has 0 aliphatic carbocycles. The minimum absolute atomic E-state index is 0.0175. The summed E-state index contributed by atoms with van der Waals surface area (Å²) in [6, 6.07) is 8.01. The number of methoxy groups -OCH3 is 1. The van der Waals surface area contributed by atoms with Crippen molar-refractivity contribution in [2.45, 2.75) is 6.42 Å². The molecule has 1 aromatic carbocycles. The van der Waals surface area contributed by atoms with Gasteiger partial charge in [0.1, 0.15) is 12.3 Å². The van der Waals surface area contributed by atoms with Gasteiger partial charge in [0.25, 0.3) is 0 Å². The number of benzene rings is 1. The number of guanidine groups is 1. The van der Waals surface area contributed by atoms with Gasteiger partial charge in [-0.05, 0) is 30.4 Å². The van der Waals surface area contributed by atoms with Crippen molar-refractivity contribution in [3.8, 4) is 5.75 Å². The van der Waals surface area contributed by atoms with Crippen molar-refractivity contribution < 1.29 is 9.53 Å². The van der Waals surface area contributed by atoms with Gasteiger partial charge in [-0.1, -0.05) is 12.1 Å². The summed E-state index contributed by atoms with van der Waals surface area (Å²) >= 11 is 1.76. The lowest BCUT2D eigenvalue weighted by Gasteiger charge is -2.13. The molecule has 1 amide bonds. The Hall–Kier alpha value is -1.89. The molecule has 2 N–H and O–H groups in total. The second-order valence-electron chi connectivity index (χ2n) is 5.40. The second-order valence-corrected chi connectivity index (χ2v) is 6.38. The van der Waals surface area contributed by atoms with Crippen LogP contribution in [0.5, 0.6) is 5.75 Å². The van der Waals surface area contributed by atoms with E-state index in [9.17, 15) is 4.79 Å². The Balaban J connectivity index is 2.50. The molecule has 0 heterocycles. The van der Waals surface area contributed by atoms with Gasteiger partial charge in [-0.15, -0.1) is 0 Å². The van der Waals surface area contributed by atoms with Crippen molar-refractivity contribution >= 4 is 23.6 Å². The summed E-state index contributed by atoms with van der Waals surface area (Å²) in [5.41, 5.74) is 1.22. The Bertz CT molecular complexity index is 518. The highest BCUT2D eigenvalue weighted by atomic mass is 32.2. The maximum absolute atomic E-state index is 11.7. The Labute approximate surface area is 149 Å². The fraction of sp³-hybridized carbons (Fsp3) is 0.529. The van der Waals surface area contributed by atoms with E-state index in [-0.39, 0.29) is 12.5 Å². The first kappa shape index (κ1) is 20.2. The zero-order chi connectivity index (χ0) is 17.8. The minimum Gasteiger partial charge on any atom is -0.497 e. The van der Waals surface area contributed by atoms with Gasteiger partial charge in [-0.3, -0.25) is 4.79 Å². The van der Waals surface area contributed by atoms with E-state index in [0.717, 1.165) is 31.0 Å². The number of rotatable bonds is 9. The van der Waals surface area contributed by atoms with Crippen LogP contribution in [0, 0.1) is 0 Å². The molecule has 0 aliphatic rings. The van der Waals surface area contributed by atoms with E-state index >= 15 is 0 Å². The third kappa shape index (κ3) is 8.10. The summed E-state index contributed by atoms with van der Waals surface area (Å²) in [6.07, 6.45) is 2.93. The predicted molar refractivity (Wildman–Crippen MR) is 102 cm³/mol. The number of carbonyl (C=O) groups excluding carboxylic acids is 1. The van der Waals surface area contributed by atoms with E-state index in [1.54, 1.807) is 37.9 Å². The maximum Gasteiger partial charge on any atom is 0.243 e.